The Morgan fingerprint density at radius 2 is 2.15 bits per heavy atom. The Labute approximate surface area is 167 Å². The smallest absolute Gasteiger partial charge is 0.209 e. The normalized spacial score (nSPS) is 17.7. The molecule has 4 rings (SSSR count). The monoisotopic (exact) mass is 402 g/mol. The molecule has 1 aromatic carbocycles. The van der Waals surface area contributed by atoms with Crippen molar-refractivity contribution < 1.29 is 0 Å². The van der Waals surface area contributed by atoms with Crippen LogP contribution in [0.4, 0.5) is 10.8 Å². The molecule has 3 heterocycles. The highest BCUT2D eigenvalue weighted by Gasteiger charge is 2.27. The van der Waals surface area contributed by atoms with Crippen LogP contribution in [-0.4, -0.2) is 21.2 Å². The summed E-state index contributed by atoms with van der Waals surface area (Å²) in [6.07, 6.45) is 2.44. The predicted molar refractivity (Wildman–Crippen MR) is 113 cm³/mol. The molecule has 2 aromatic heterocycles. The third-order valence-electron chi connectivity index (χ3n) is 5.00. The molecule has 4 nitrogen and oxygen atoms in total. The van der Waals surface area contributed by atoms with Gasteiger partial charge in [0.15, 0.2) is 3.95 Å². The van der Waals surface area contributed by atoms with Gasteiger partial charge in [-0.2, -0.15) is 0 Å². The second kappa shape index (κ2) is 7.60. The minimum absolute atomic E-state index is 0.494. The van der Waals surface area contributed by atoms with Gasteiger partial charge < -0.3 is 5.32 Å². The van der Waals surface area contributed by atoms with Crippen LogP contribution in [0.15, 0.2) is 35.7 Å². The van der Waals surface area contributed by atoms with E-state index < -0.39 is 0 Å². The van der Waals surface area contributed by atoms with E-state index in [4.69, 9.17) is 17.3 Å². The lowest BCUT2D eigenvalue weighted by atomic mass is 10.1. The first-order chi connectivity index (χ1) is 12.6. The van der Waals surface area contributed by atoms with Gasteiger partial charge in [-0.05, 0) is 67.5 Å². The van der Waals surface area contributed by atoms with Crippen molar-refractivity contribution in [1.82, 2.24) is 14.7 Å². The summed E-state index contributed by atoms with van der Waals surface area (Å²) in [7, 11) is 0. The average molecular weight is 403 g/mol. The summed E-state index contributed by atoms with van der Waals surface area (Å²) < 4.78 is 2.77. The summed E-state index contributed by atoms with van der Waals surface area (Å²) >= 11 is 8.95. The molecule has 1 aliphatic heterocycles. The number of thiophene rings is 1. The number of nitrogens with zero attached hydrogens (tertiary/aromatic N) is 3. The largest absolute Gasteiger partial charge is 0.330 e. The molecule has 0 bridgehead atoms. The van der Waals surface area contributed by atoms with Crippen molar-refractivity contribution in [2.75, 3.05) is 11.9 Å². The Morgan fingerprint density at radius 1 is 1.27 bits per heavy atom. The number of nitrogens with one attached hydrogen (secondary N) is 1. The summed E-state index contributed by atoms with van der Waals surface area (Å²) in [6.45, 7) is 6.11. The first-order valence-electron chi connectivity index (χ1n) is 8.80. The van der Waals surface area contributed by atoms with Crippen LogP contribution in [0.2, 0.25) is 0 Å². The number of likely N-dealkylation sites (tertiary alicyclic amines) is 1. The van der Waals surface area contributed by atoms with Gasteiger partial charge in [0.05, 0.1) is 6.67 Å². The van der Waals surface area contributed by atoms with Crippen molar-refractivity contribution in [3.05, 3.63) is 55.7 Å². The van der Waals surface area contributed by atoms with Crippen LogP contribution < -0.4 is 5.32 Å². The van der Waals surface area contributed by atoms with E-state index in [1.807, 2.05) is 16.0 Å². The Kier molecular flexibility index (Phi) is 5.22. The van der Waals surface area contributed by atoms with Crippen LogP contribution in [0.5, 0.6) is 0 Å². The molecular formula is C19H22N4S3. The molecule has 0 spiro atoms. The Bertz CT molecular complexity index is 942. The second-order valence-electron chi connectivity index (χ2n) is 6.67. The molecule has 136 valence electrons. The maximum absolute atomic E-state index is 5.58. The lowest BCUT2D eigenvalue weighted by molar-refractivity contribution is 0.193. The van der Waals surface area contributed by atoms with Gasteiger partial charge in [0.1, 0.15) is 0 Å². The number of anilines is 2. The van der Waals surface area contributed by atoms with Crippen molar-refractivity contribution in [3.8, 4) is 0 Å². The highest BCUT2D eigenvalue weighted by Crippen LogP contribution is 2.35. The second-order valence-corrected chi connectivity index (χ2v) is 9.27. The number of hydrogen-bond acceptors (Lipinski definition) is 6. The molecule has 1 N–H and O–H groups in total. The van der Waals surface area contributed by atoms with E-state index in [9.17, 15) is 0 Å². The SMILES string of the molecule is Cc1cccc(Nc2nn(CN3CCC[C@@H]3c3cccs3)c(=S)s2)c1C. The van der Waals surface area contributed by atoms with Crippen molar-refractivity contribution >= 4 is 45.7 Å². The Balaban J connectivity index is 1.52. The van der Waals surface area contributed by atoms with Crippen LogP contribution in [0.25, 0.3) is 0 Å². The van der Waals surface area contributed by atoms with Gasteiger partial charge in [0.2, 0.25) is 5.13 Å². The number of rotatable bonds is 5. The molecule has 0 aliphatic carbocycles. The number of aromatic nitrogens is 2. The summed E-state index contributed by atoms with van der Waals surface area (Å²) in [5.41, 5.74) is 3.62. The minimum Gasteiger partial charge on any atom is -0.330 e. The minimum atomic E-state index is 0.494. The van der Waals surface area contributed by atoms with Crippen molar-refractivity contribution in [3.63, 3.8) is 0 Å². The molecule has 3 aromatic rings. The zero-order valence-electron chi connectivity index (χ0n) is 14.9. The van der Waals surface area contributed by atoms with Gasteiger partial charge in [-0.15, -0.1) is 16.4 Å². The van der Waals surface area contributed by atoms with E-state index in [1.165, 1.54) is 40.2 Å². The van der Waals surface area contributed by atoms with E-state index >= 15 is 0 Å². The first kappa shape index (κ1) is 17.9. The number of benzene rings is 1. The molecule has 7 heteroatoms. The topological polar surface area (TPSA) is 33.1 Å². The van der Waals surface area contributed by atoms with Gasteiger partial charge >= 0.3 is 0 Å². The highest BCUT2D eigenvalue weighted by molar-refractivity contribution is 7.73. The number of aryl methyl sites for hydroxylation is 1. The first-order valence-corrected chi connectivity index (χ1v) is 10.9. The zero-order valence-corrected chi connectivity index (χ0v) is 17.4. The van der Waals surface area contributed by atoms with Crippen molar-refractivity contribution in [1.29, 1.82) is 0 Å². The van der Waals surface area contributed by atoms with E-state index in [-0.39, 0.29) is 0 Å². The summed E-state index contributed by atoms with van der Waals surface area (Å²) in [4.78, 5) is 3.93. The number of hydrogen-bond donors (Lipinski definition) is 1. The Morgan fingerprint density at radius 3 is 2.96 bits per heavy atom. The zero-order chi connectivity index (χ0) is 18.1. The lowest BCUT2D eigenvalue weighted by Gasteiger charge is -2.23. The summed E-state index contributed by atoms with van der Waals surface area (Å²) in [5, 5.41) is 11.2. The van der Waals surface area contributed by atoms with Crippen molar-refractivity contribution in [2.24, 2.45) is 0 Å². The van der Waals surface area contributed by atoms with E-state index in [1.54, 1.807) is 0 Å². The predicted octanol–water partition coefficient (Wildman–Crippen LogP) is 5.89. The van der Waals surface area contributed by atoms with Gasteiger partial charge in [0, 0.05) is 23.2 Å². The third kappa shape index (κ3) is 3.62. The molecule has 1 saturated heterocycles. The molecule has 1 aliphatic rings. The Hall–Kier alpha value is -1.54. The van der Waals surface area contributed by atoms with Crippen LogP contribution in [0.1, 0.15) is 34.9 Å². The standard InChI is InChI=1S/C19H22N4S3/c1-13-6-3-7-15(14(13)2)20-18-21-23(19(24)26-18)12-22-10-4-8-16(22)17-9-5-11-25-17/h3,5-7,9,11,16H,4,8,10,12H2,1-2H3,(H,20,21)/t16-/m1/s1. The van der Waals surface area contributed by atoms with E-state index in [0.29, 0.717) is 6.04 Å². The summed E-state index contributed by atoms with van der Waals surface area (Å²) in [5.74, 6) is 0. The van der Waals surface area contributed by atoms with Crippen LogP contribution >= 0.6 is 34.9 Å². The molecular weight excluding hydrogens is 380 g/mol. The molecule has 0 unspecified atom stereocenters. The van der Waals surface area contributed by atoms with Gasteiger partial charge in [-0.25, -0.2) is 4.68 Å². The van der Waals surface area contributed by atoms with Gasteiger partial charge in [-0.3, -0.25) is 4.90 Å². The summed E-state index contributed by atoms with van der Waals surface area (Å²) in [6, 6.07) is 11.1. The fraction of sp³-hybridized carbons (Fsp3) is 0.368. The van der Waals surface area contributed by atoms with E-state index in [2.05, 4.69) is 59.8 Å². The third-order valence-corrected chi connectivity index (χ3v) is 7.20. The molecule has 1 atom stereocenters. The van der Waals surface area contributed by atoms with Crippen LogP contribution in [0.3, 0.4) is 0 Å². The fourth-order valence-electron chi connectivity index (χ4n) is 3.42. The van der Waals surface area contributed by atoms with E-state index in [0.717, 1.165) is 28.0 Å². The molecule has 0 saturated carbocycles. The maximum Gasteiger partial charge on any atom is 0.209 e. The van der Waals surface area contributed by atoms with Gasteiger partial charge in [-0.1, -0.05) is 29.5 Å². The fourth-order valence-corrected chi connectivity index (χ4v) is 5.32. The highest BCUT2D eigenvalue weighted by atomic mass is 32.1. The molecule has 1 fully saturated rings. The average Bonchev–Trinajstić information content (AvgIpc) is 3.34. The van der Waals surface area contributed by atoms with Gasteiger partial charge in [0.25, 0.3) is 0 Å². The molecule has 26 heavy (non-hydrogen) atoms. The maximum atomic E-state index is 5.58. The van der Waals surface area contributed by atoms with Crippen LogP contribution in [-0.2, 0) is 6.67 Å². The lowest BCUT2D eigenvalue weighted by Crippen LogP contribution is -2.26. The quantitative estimate of drug-likeness (QED) is 0.539. The van der Waals surface area contributed by atoms with Crippen LogP contribution in [0, 0.1) is 17.8 Å². The molecule has 0 amide bonds. The molecule has 0 radical (unpaired) electrons. The van der Waals surface area contributed by atoms with Crippen molar-refractivity contribution in [2.45, 2.75) is 39.4 Å².